The third-order valence-electron chi connectivity index (χ3n) is 4.76. The zero-order valence-electron chi connectivity index (χ0n) is 12.9. The minimum Gasteiger partial charge on any atom is -0.353 e. The Labute approximate surface area is 122 Å². The Bertz CT molecular complexity index is 350. The van der Waals surface area contributed by atoms with E-state index in [9.17, 15) is 9.59 Å². The van der Waals surface area contributed by atoms with Crippen LogP contribution in [0.1, 0.15) is 58.8 Å². The van der Waals surface area contributed by atoms with Crippen molar-refractivity contribution >= 4 is 11.8 Å². The van der Waals surface area contributed by atoms with Crippen molar-refractivity contribution < 1.29 is 9.59 Å². The molecule has 2 rings (SSSR count). The summed E-state index contributed by atoms with van der Waals surface area (Å²) in [6.07, 6.45) is 6.65. The van der Waals surface area contributed by atoms with Gasteiger partial charge in [0.05, 0.1) is 0 Å². The molecule has 0 radical (unpaired) electrons. The fourth-order valence-corrected chi connectivity index (χ4v) is 3.66. The SMILES string of the molecule is CCCC(CCC)C(=O)N1CCC2NC(=O)CCC2C1. The van der Waals surface area contributed by atoms with Gasteiger partial charge in [-0.05, 0) is 31.6 Å². The van der Waals surface area contributed by atoms with Gasteiger partial charge in [-0.1, -0.05) is 26.7 Å². The van der Waals surface area contributed by atoms with E-state index in [2.05, 4.69) is 24.1 Å². The van der Waals surface area contributed by atoms with Crippen molar-refractivity contribution in [2.45, 2.75) is 64.8 Å². The van der Waals surface area contributed by atoms with Crippen LogP contribution in [-0.2, 0) is 9.59 Å². The van der Waals surface area contributed by atoms with Crippen LogP contribution in [0.5, 0.6) is 0 Å². The monoisotopic (exact) mass is 280 g/mol. The van der Waals surface area contributed by atoms with E-state index in [0.29, 0.717) is 24.3 Å². The van der Waals surface area contributed by atoms with E-state index >= 15 is 0 Å². The molecule has 0 saturated carbocycles. The minimum atomic E-state index is 0.181. The van der Waals surface area contributed by atoms with Gasteiger partial charge in [0.15, 0.2) is 0 Å². The van der Waals surface area contributed by atoms with E-state index in [4.69, 9.17) is 0 Å². The highest BCUT2D eigenvalue weighted by Gasteiger charge is 2.36. The molecule has 4 heteroatoms. The first-order valence-corrected chi connectivity index (χ1v) is 8.23. The van der Waals surface area contributed by atoms with Crippen LogP contribution >= 0.6 is 0 Å². The quantitative estimate of drug-likeness (QED) is 0.840. The van der Waals surface area contributed by atoms with Crippen LogP contribution in [0.25, 0.3) is 0 Å². The molecule has 0 aliphatic carbocycles. The van der Waals surface area contributed by atoms with Gasteiger partial charge in [0.1, 0.15) is 0 Å². The molecule has 4 nitrogen and oxygen atoms in total. The highest BCUT2D eigenvalue weighted by molar-refractivity contribution is 5.79. The summed E-state index contributed by atoms with van der Waals surface area (Å²) in [5.74, 6) is 1.21. The van der Waals surface area contributed by atoms with Gasteiger partial charge in [0.25, 0.3) is 0 Å². The number of hydrogen-bond donors (Lipinski definition) is 1. The standard InChI is InChI=1S/C16H28N2O2/c1-3-5-12(6-4-2)16(20)18-10-9-14-13(11-18)7-8-15(19)17-14/h12-14H,3-11H2,1-2H3,(H,17,19). The summed E-state index contributed by atoms with van der Waals surface area (Å²) in [5.41, 5.74) is 0. The van der Waals surface area contributed by atoms with E-state index in [0.717, 1.165) is 51.6 Å². The average molecular weight is 280 g/mol. The molecular formula is C16H28N2O2. The van der Waals surface area contributed by atoms with E-state index in [1.165, 1.54) is 0 Å². The van der Waals surface area contributed by atoms with Crippen molar-refractivity contribution in [3.05, 3.63) is 0 Å². The predicted molar refractivity (Wildman–Crippen MR) is 79.2 cm³/mol. The average Bonchev–Trinajstić information content (AvgIpc) is 2.45. The molecule has 0 bridgehead atoms. The summed E-state index contributed by atoms with van der Waals surface area (Å²) in [7, 11) is 0. The molecule has 0 aromatic heterocycles. The summed E-state index contributed by atoms with van der Waals surface area (Å²) in [5, 5.41) is 3.08. The zero-order valence-corrected chi connectivity index (χ0v) is 12.9. The van der Waals surface area contributed by atoms with E-state index in [-0.39, 0.29) is 11.8 Å². The summed E-state index contributed by atoms with van der Waals surface area (Å²) in [6.45, 7) is 5.95. The minimum absolute atomic E-state index is 0.181. The number of piperidine rings is 2. The first-order valence-electron chi connectivity index (χ1n) is 8.23. The topological polar surface area (TPSA) is 49.4 Å². The van der Waals surface area contributed by atoms with Gasteiger partial charge in [0, 0.05) is 31.5 Å². The Morgan fingerprint density at radius 3 is 2.65 bits per heavy atom. The molecule has 1 N–H and O–H groups in total. The second-order valence-corrected chi connectivity index (χ2v) is 6.32. The van der Waals surface area contributed by atoms with E-state index in [1.807, 2.05) is 0 Å². The summed E-state index contributed by atoms with van der Waals surface area (Å²) >= 11 is 0. The molecule has 2 unspecified atom stereocenters. The lowest BCUT2D eigenvalue weighted by Gasteiger charge is -2.42. The van der Waals surface area contributed by atoms with Crippen molar-refractivity contribution in [1.82, 2.24) is 10.2 Å². The number of fused-ring (bicyclic) bond motifs is 1. The third-order valence-corrected chi connectivity index (χ3v) is 4.76. The largest absolute Gasteiger partial charge is 0.353 e. The number of carbonyl (C=O) groups is 2. The van der Waals surface area contributed by atoms with E-state index in [1.54, 1.807) is 0 Å². The second-order valence-electron chi connectivity index (χ2n) is 6.32. The van der Waals surface area contributed by atoms with Crippen molar-refractivity contribution in [2.24, 2.45) is 11.8 Å². The van der Waals surface area contributed by atoms with Crippen LogP contribution in [-0.4, -0.2) is 35.8 Å². The van der Waals surface area contributed by atoms with Gasteiger partial charge in [-0.2, -0.15) is 0 Å². The molecule has 2 amide bonds. The smallest absolute Gasteiger partial charge is 0.225 e. The molecule has 2 saturated heterocycles. The molecule has 2 aliphatic rings. The molecule has 2 fully saturated rings. The third kappa shape index (κ3) is 3.53. The number of rotatable bonds is 5. The Kier molecular flexibility index (Phi) is 5.44. The van der Waals surface area contributed by atoms with Crippen molar-refractivity contribution in [3.8, 4) is 0 Å². The van der Waals surface area contributed by atoms with Crippen molar-refractivity contribution in [1.29, 1.82) is 0 Å². The molecule has 20 heavy (non-hydrogen) atoms. The molecule has 2 aliphatic heterocycles. The number of nitrogens with one attached hydrogen (secondary N) is 1. The van der Waals surface area contributed by atoms with Crippen LogP contribution in [0, 0.1) is 11.8 Å². The molecule has 114 valence electrons. The molecule has 2 heterocycles. The maximum absolute atomic E-state index is 12.7. The van der Waals surface area contributed by atoms with Crippen LogP contribution in [0.3, 0.4) is 0 Å². The number of amides is 2. The maximum atomic E-state index is 12.7. The lowest BCUT2D eigenvalue weighted by atomic mass is 9.84. The predicted octanol–water partition coefficient (Wildman–Crippen LogP) is 2.33. The highest BCUT2D eigenvalue weighted by atomic mass is 16.2. The Morgan fingerprint density at radius 1 is 1.30 bits per heavy atom. The maximum Gasteiger partial charge on any atom is 0.225 e. The van der Waals surface area contributed by atoms with Crippen molar-refractivity contribution in [2.75, 3.05) is 13.1 Å². The number of likely N-dealkylation sites (tertiary alicyclic amines) is 1. The fourth-order valence-electron chi connectivity index (χ4n) is 3.66. The van der Waals surface area contributed by atoms with Crippen LogP contribution in [0.15, 0.2) is 0 Å². The number of hydrogen-bond acceptors (Lipinski definition) is 2. The lowest BCUT2D eigenvalue weighted by molar-refractivity contribution is -0.139. The first-order chi connectivity index (χ1) is 9.65. The molecule has 0 aromatic carbocycles. The number of nitrogens with zero attached hydrogens (tertiary/aromatic N) is 1. The second kappa shape index (κ2) is 7.09. The molecule has 0 aromatic rings. The number of carbonyl (C=O) groups excluding carboxylic acids is 2. The summed E-state index contributed by atoms with van der Waals surface area (Å²) in [6, 6.07) is 0.302. The van der Waals surface area contributed by atoms with Gasteiger partial charge < -0.3 is 10.2 Å². The van der Waals surface area contributed by atoms with E-state index < -0.39 is 0 Å². The summed E-state index contributed by atoms with van der Waals surface area (Å²) in [4.78, 5) is 26.1. The Hall–Kier alpha value is -1.06. The van der Waals surface area contributed by atoms with Gasteiger partial charge in [-0.15, -0.1) is 0 Å². The van der Waals surface area contributed by atoms with Gasteiger partial charge in [-0.3, -0.25) is 9.59 Å². The highest BCUT2D eigenvalue weighted by Crippen LogP contribution is 2.27. The Morgan fingerprint density at radius 2 is 2.00 bits per heavy atom. The lowest BCUT2D eigenvalue weighted by Crippen LogP contribution is -2.55. The Balaban J connectivity index is 1.93. The molecule has 0 spiro atoms. The van der Waals surface area contributed by atoms with Crippen LogP contribution in [0.2, 0.25) is 0 Å². The van der Waals surface area contributed by atoms with Gasteiger partial charge in [0.2, 0.25) is 11.8 Å². The first kappa shape index (κ1) is 15.3. The van der Waals surface area contributed by atoms with Gasteiger partial charge in [-0.25, -0.2) is 0 Å². The van der Waals surface area contributed by atoms with Crippen LogP contribution < -0.4 is 5.32 Å². The molecule has 2 atom stereocenters. The molecular weight excluding hydrogens is 252 g/mol. The zero-order chi connectivity index (χ0) is 14.5. The fraction of sp³-hybridized carbons (Fsp3) is 0.875. The van der Waals surface area contributed by atoms with Crippen LogP contribution in [0.4, 0.5) is 0 Å². The normalized spacial score (nSPS) is 26.4. The van der Waals surface area contributed by atoms with Gasteiger partial charge >= 0.3 is 0 Å². The van der Waals surface area contributed by atoms with Crippen molar-refractivity contribution in [3.63, 3.8) is 0 Å². The summed E-state index contributed by atoms with van der Waals surface area (Å²) < 4.78 is 0.